The van der Waals surface area contributed by atoms with E-state index in [0.29, 0.717) is 55.4 Å². The average molecular weight is 496 g/mol. The zero-order chi connectivity index (χ0) is 25.7. The molecule has 36 heavy (non-hydrogen) atoms. The van der Waals surface area contributed by atoms with Gasteiger partial charge in [0, 0.05) is 51.5 Å². The molecular weight excluding hydrogens is 462 g/mol. The van der Waals surface area contributed by atoms with Crippen LogP contribution in [-0.2, 0) is 30.7 Å². The van der Waals surface area contributed by atoms with Crippen molar-refractivity contribution in [1.82, 2.24) is 15.3 Å². The summed E-state index contributed by atoms with van der Waals surface area (Å²) in [6, 6.07) is 7.45. The number of aliphatic hydroxyl groups excluding tert-OH is 1. The van der Waals surface area contributed by atoms with E-state index in [4.69, 9.17) is 19.6 Å². The van der Waals surface area contributed by atoms with Gasteiger partial charge in [0.25, 0.3) is 0 Å². The number of likely N-dealkylation sites (N-methyl/N-ethyl adjacent to an activating group) is 1. The van der Waals surface area contributed by atoms with E-state index in [1.165, 1.54) is 6.39 Å². The first kappa shape index (κ1) is 25.6. The first-order chi connectivity index (χ1) is 17.4. The van der Waals surface area contributed by atoms with Gasteiger partial charge >= 0.3 is 0 Å². The van der Waals surface area contributed by atoms with Crippen molar-refractivity contribution in [2.45, 2.75) is 45.1 Å². The Morgan fingerprint density at radius 1 is 1.33 bits per heavy atom. The number of hydrogen-bond acceptors (Lipinski definition) is 9. The van der Waals surface area contributed by atoms with E-state index < -0.39 is 12.0 Å². The van der Waals surface area contributed by atoms with Crippen molar-refractivity contribution in [2.75, 3.05) is 32.2 Å². The summed E-state index contributed by atoms with van der Waals surface area (Å²) in [7, 11) is 3.50. The van der Waals surface area contributed by atoms with Crippen molar-refractivity contribution in [2.24, 2.45) is 5.73 Å². The van der Waals surface area contributed by atoms with Crippen LogP contribution >= 0.6 is 0 Å². The summed E-state index contributed by atoms with van der Waals surface area (Å²) in [4.78, 5) is 22.6. The van der Waals surface area contributed by atoms with E-state index in [0.717, 1.165) is 22.6 Å². The predicted molar refractivity (Wildman–Crippen MR) is 134 cm³/mol. The van der Waals surface area contributed by atoms with Crippen molar-refractivity contribution in [3.05, 3.63) is 70.6 Å². The number of nitrogens with zero attached hydrogens (tertiary/aromatic N) is 3. The van der Waals surface area contributed by atoms with Gasteiger partial charge in [-0.15, -0.1) is 0 Å². The van der Waals surface area contributed by atoms with Gasteiger partial charge in [-0.25, -0.2) is 9.97 Å². The van der Waals surface area contributed by atoms with Crippen LogP contribution < -0.4 is 20.7 Å². The SMILES string of the molecule is COCCN(C)c1cc(C(N)=O)c(C[C@@H](O)[C@@H]2Cc3ccc(OCc4ocnc4C)cc3CN2)cn1. The van der Waals surface area contributed by atoms with Crippen molar-refractivity contribution < 1.29 is 23.8 Å². The van der Waals surface area contributed by atoms with Gasteiger partial charge in [0.05, 0.1) is 18.4 Å². The number of amides is 1. The second-order valence-corrected chi connectivity index (χ2v) is 9.02. The number of aliphatic hydroxyl groups is 1. The molecule has 4 N–H and O–H groups in total. The monoisotopic (exact) mass is 495 g/mol. The van der Waals surface area contributed by atoms with Crippen molar-refractivity contribution in [1.29, 1.82) is 0 Å². The fourth-order valence-corrected chi connectivity index (χ4v) is 4.28. The van der Waals surface area contributed by atoms with Crippen LogP contribution in [0.15, 0.2) is 41.3 Å². The number of benzene rings is 1. The van der Waals surface area contributed by atoms with Crippen molar-refractivity contribution >= 4 is 11.7 Å². The Morgan fingerprint density at radius 2 is 2.17 bits per heavy atom. The summed E-state index contributed by atoms with van der Waals surface area (Å²) >= 11 is 0. The van der Waals surface area contributed by atoms with Crippen LogP contribution in [0.25, 0.3) is 0 Å². The molecule has 1 aliphatic rings. The number of methoxy groups -OCH3 is 1. The van der Waals surface area contributed by atoms with Gasteiger partial charge in [-0.2, -0.15) is 0 Å². The molecule has 0 aliphatic carbocycles. The molecule has 2 aromatic heterocycles. The molecule has 0 saturated heterocycles. The molecule has 0 saturated carbocycles. The molecule has 0 radical (unpaired) electrons. The molecule has 1 aliphatic heterocycles. The Bertz CT molecular complexity index is 1200. The van der Waals surface area contributed by atoms with Gasteiger partial charge < -0.3 is 34.9 Å². The highest BCUT2D eigenvalue weighted by atomic mass is 16.5. The Hall–Kier alpha value is -3.47. The molecule has 0 bridgehead atoms. The maximum absolute atomic E-state index is 12.1. The number of carbonyl (C=O) groups is 1. The second-order valence-electron chi connectivity index (χ2n) is 9.02. The van der Waals surface area contributed by atoms with Crippen LogP contribution in [-0.4, -0.2) is 60.4 Å². The van der Waals surface area contributed by atoms with Gasteiger partial charge in [-0.1, -0.05) is 6.07 Å². The van der Waals surface area contributed by atoms with Gasteiger partial charge in [0.2, 0.25) is 5.91 Å². The average Bonchev–Trinajstić information content (AvgIpc) is 3.30. The Labute approximate surface area is 210 Å². The molecule has 1 aromatic carbocycles. The second kappa shape index (κ2) is 11.5. The number of pyridine rings is 1. The van der Waals surface area contributed by atoms with Crippen LogP contribution in [0.3, 0.4) is 0 Å². The van der Waals surface area contributed by atoms with Crippen LogP contribution in [0.1, 0.15) is 38.5 Å². The lowest BCUT2D eigenvalue weighted by Gasteiger charge is -2.30. The number of nitrogens with one attached hydrogen (secondary N) is 1. The summed E-state index contributed by atoms with van der Waals surface area (Å²) in [6.07, 6.45) is 3.22. The highest BCUT2D eigenvalue weighted by Crippen LogP contribution is 2.26. The Morgan fingerprint density at radius 3 is 2.89 bits per heavy atom. The number of ether oxygens (including phenoxy) is 2. The summed E-state index contributed by atoms with van der Waals surface area (Å²) in [6.45, 7) is 3.95. The predicted octanol–water partition coefficient (Wildman–Crippen LogP) is 1.76. The number of hydrogen-bond donors (Lipinski definition) is 3. The van der Waals surface area contributed by atoms with Crippen LogP contribution in [0, 0.1) is 6.92 Å². The molecule has 10 nitrogen and oxygen atoms in total. The maximum atomic E-state index is 12.1. The van der Waals surface area contributed by atoms with E-state index in [9.17, 15) is 9.90 Å². The molecule has 1 amide bonds. The van der Waals surface area contributed by atoms with Gasteiger partial charge in [0.15, 0.2) is 12.2 Å². The third-order valence-corrected chi connectivity index (χ3v) is 6.54. The largest absolute Gasteiger partial charge is 0.486 e. The van der Waals surface area contributed by atoms with Crippen LogP contribution in [0.5, 0.6) is 5.75 Å². The minimum Gasteiger partial charge on any atom is -0.486 e. The van der Waals surface area contributed by atoms with Crippen LogP contribution in [0.2, 0.25) is 0 Å². The molecule has 0 fully saturated rings. The molecule has 2 atom stereocenters. The number of primary amides is 1. The van der Waals surface area contributed by atoms with Gasteiger partial charge in [0.1, 0.15) is 18.2 Å². The van der Waals surface area contributed by atoms with E-state index in [-0.39, 0.29) is 12.5 Å². The molecule has 3 heterocycles. The first-order valence-corrected chi connectivity index (χ1v) is 11.9. The fourth-order valence-electron chi connectivity index (χ4n) is 4.28. The summed E-state index contributed by atoms with van der Waals surface area (Å²) in [5.74, 6) is 1.53. The molecule has 4 rings (SSSR count). The number of nitrogens with two attached hydrogens (primary N) is 1. The first-order valence-electron chi connectivity index (χ1n) is 11.9. The number of aromatic nitrogens is 2. The molecule has 192 valence electrons. The van der Waals surface area contributed by atoms with E-state index in [2.05, 4.69) is 15.3 Å². The summed E-state index contributed by atoms with van der Waals surface area (Å²) in [5, 5.41) is 14.4. The minimum atomic E-state index is -0.722. The quantitative estimate of drug-likeness (QED) is 0.363. The van der Waals surface area contributed by atoms with Crippen LogP contribution in [0.4, 0.5) is 5.82 Å². The normalized spacial score (nSPS) is 15.8. The molecule has 0 unspecified atom stereocenters. The smallest absolute Gasteiger partial charge is 0.249 e. The standard InChI is InChI=1S/C26H33N5O5/c1-16-24(36-15-30-16)14-35-20-5-4-17-9-22(28-12-18(17)8-20)23(32)10-19-13-29-25(11-21(19)26(27)33)31(2)6-7-34-3/h4-5,8,11,13,15,22-23,28,32H,6-7,9-10,12,14H2,1-3H3,(H2,27,33)/t22-,23+/m0/s1. The third kappa shape index (κ3) is 6.01. The zero-order valence-corrected chi connectivity index (χ0v) is 20.9. The number of anilines is 1. The lowest BCUT2D eigenvalue weighted by atomic mass is 9.90. The van der Waals surface area contributed by atoms with Gasteiger partial charge in [-0.3, -0.25) is 4.79 Å². The minimum absolute atomic E-state index is 0.175. The molecule has 0 spiro atoms. The number of aryl methyl sites for hydroxylation is 1. The fraction of sp³-hybridized carbons (Fsp3) is 0.423. The van der Waals surface area contributed by atoms with E-state index in [1.807, 2.05) is 37.1 Å². The number of oxazole rings is 1. The highest BCUT2D eigenvalue weighted by molar-refractivity contribution is 5.95. The van der Waals surface area contributed by atoms with Crippen molar-refractivity contribution in [3.63, 3.8) is 0 Å². The van der Waals surface area contributed by atoms with E-state index in [1.54, 1.807) is 19.4 Å². The number of rotatable bonds is 11. The maximum Gasteiger partial charge on any atom is 0.249 e. The zero-order valence-electron chi connectivity index (χ0n) is 20.9. The lowest BCUT2D eigenvalue weighted by Crippen LogP contribution is -2.45. The summed E-state index contributed by atoms with van der Waals surface area (Å²) < 4.78 is 16.3. The van der Waals surface area contributed by atoms with E-state index >= 15 is 0 Å². The molecule has 10 heteroatoms. The lowest BCUT2D eigenvalue weighted by molar-refractivity contribution is 0.0995. The molecule has 3 aromatic rings. The Kier molecular flexibility index (Phi) is 8.19. The number of carbonyl (C=O) groups excluding carboxylic acids is 1. The van der Waals surface area contributed by atoms with Gasteiger partial charge in [-0.05, 0) is 48.2 Å². The summed E-state index contributed by atoms with van der Waals surface area (Å²) in [5.41, 5.74) is 9.71. The third-order valence-electron chi connectivity index (χ3n) is 6.54. The Balaban J connectivity index is 1.40. The molecular formula is C26H33N5O5. The van der Waals surface area contributed by atoms with Crippen molar-refractivity contribution in [3.8, 4) is 5.75 Å². The topological polar surface area (TPSA) is 136 Å². The number of fused-ring (bicyclic) bond motifs is 1. The highest BCUT2D eigenvalue weighted by Gasteiger charge is 2.26.